The Bertz CT molecular complexity index is 451. The fourth-order valence-electron chi connectivity index (χ4n) is 1.11. The highest BCUT2D eigenvalue weighted by Crippen LogP contribution is 2.14. The van der Waals surface area contributed by atoms with Crippen molar-refractivity contribution < 1.29 is 23.9 Å². The van der Waals surface area contributed by atoms with Crippen LogP contribution in [0.4, 0.5) is 4.39 Å². The molecule has 0 atom stereocenters. The van der Waals surface area contributed by atoms with Gasteiger partial charge in [0.2, 0.25) is 0 Å². The summed E-state index contributed by atoms with van der Waals surface area (Å²) in [6, 6.07) is 1.90. The zero-order chi connectivity index (χ0) is 11.6. The summed E-state index contributed by atoms with van der Waals surface area (Å²) in [6.45, 7) is 1.41. The number of rotatable bonds is 3. The molecule has 1 aromatic carbocycles. The van der Waals surface area contributed by atoms with Gasteiger partial charge in [-0.05, 0) is 24.6 Å². The zero-order valence-electron chi connectivity index (χ0n) is 7.78. The first-order valence-corrected chi connectivity index (χ1v) is 4.00. The molecule has 0 aliphatic rings. The molecule has 1 N–H and O–H groups in total. The summed E-state index contributed by atoms with van der Waals surface area (Å²) < 4.78 is 13.1. The van der Waals surface area contributed by atoms with E-state index in [0.717, 1.165) is 12.1 Å². The van der Waals surface area contributed by atoms with E-state index in [-0.39, 0.29) is 11.1 Å². The number of ketones is 1. The maximum absolute atomic E-state index is 13.1. The standard InChI is InChI=1S/C10H7FO4/c1-5-2-6(4-12)7(3-8(5)11)9(13)10(14)15/h2-4H,1H3,(H,14,15). The molecule has 0 fully saturated rings. The summed E-state index contributed by atoms with van der Waals surface area (Å²) in [4.78, 5) is 32.0. The van der Waals surface area contributed by atoms with E-state index in [1.165, 1.54) is 6.92 Å². The zero-order valence-corrected chi connectivity index (χ0v) is 7.78. The van der Waals surface area contributed by atoms with Crippen molar-refractivity contribution in [3.05, 3.63) is 34.6 Å². The average Bonchev–Trinajstić information content (AvgIpc) is 2.20. The number of aliphatic carboxylic acids is 1. The first-order valence-electron chi connectivity index (χ1n) is 4.00. The Balaban J connectivity index is 3.40. The lowest BCUT2D eigenvalue weighted by Gasteiger charge is -2.03. The summed E-state index contributed by atoms with van der Waals surface area (Å²) in [5.41, 5.74) is -0.374. The van der Waals surface area contributed by atoms with E-state index in [0.29, 0.717) is 6.29 Å². The Hall–Kier alpha value is -2.04. The van der Waals surface area contributed by atoms with Gasteiger partial charge in [0.1, 0.15) is 5.82 Å². The van der Waals surface area contributed by atoms with Gasteiger partial charge in [0, 0.05) is 11.1 Å². The maximum atomic E-state index is 13.1. The van der Waals surface area contributed by atoms with Gasteiger partial charge in [-0.2, -0.15) is 0 Å². The predicted octanol–water partition coefficient (Wildman–Crippen LogP) is 1.21. The molecular weight excluding hydrogens is 203 g/mol. The predicted molar refractivity (Wildman–Crippen MR) is 48.5 cm³/mol. The van der Waals surface area contributed by atoms with Crippen LogP contribution >= 0.6 is 0 Å². The molecule has 0 saturated heterocycles. The normalized spacial score (nSPS) is 9.73. The second-order valence-corrected chi connectivity index (χ2v) is 2.94. The molecule has 15 heavy (non-hydrogen) atoms. The minimum Gasteiger partial charge on any atom is -0.475 e. The molecular formula is C10H7FO4. The van der Waals surface area contributed by atoms with E-state index >= 15 is 0 Å². The maximum Gasteiger partial charge on any atom is 0.377 e. The third-order valence-electron chi connectivity index (χ3n) is 1.90. The van der Waals surface area contributed by atoms with Gasteiger partial charge >= 0.3 is 5.97 Å². The Morgan fingerprint density at radius 3 is 2.47 bits per heavy atom. The molecule has 0 aliphatic carbocycles. The van der Waals surface area contributed by atoms with Crippen LogP contribution < -0.4 is 0 Å². The number of aryl methyl sites for hydroxylation is 1. The number of hydrogen-bond acceptors (Lipinski definition) is 3. The van der Waals surface area contributed by atoms with Gasteiger partial charge in [-0.25, -0.2) is 9.18 Å². The van der Waals surface area contributed by atoms with Crippen LogP contribution in [0.2, 0.25) is 0 Å². The topological polar surface area (TPSA) is 71.4 Å². The van der Waals surface area contributed by atoms with Crippen molar-refractivity contribution in [2.75, 3.05) is 0 Å². The number of carbonyl (C=O) groups excluding carboxylic acids is 2. The molecule has 1 rings (SSSR count). The van der Waals surface area contributed by atoms with E-state index in [1.807, 2.05) is 0 Å². The molecule has 0 bridgehead atoms. The Morgan fingerprint density at radius 2 is 2.00 bits per heavy atom. The summed E-state index contributed by atoms with van der Waals surface area (Å²) >= 11 is 0. The quantitative estimate of drug-likeness (QED) is 0.462. The SMILES string of the molecule is Cc1cc(C=O)c(C(=O)C(=O)O)cc1F. The summed E-state index contributed by atoms with van der Waals surface area (Å²) in [5.74, 6) is -3.73. The van der Waals surface area contributed by atoms with E-state index in [2.05, 4.69) is 0 Å². The fourth-order valence-corrected chi connectivity index (χ4v) is 1.11. The lowest BCUT2D eigenvalue weighted by atomic mass is 10.0. The number of aldehydes is 1. The van der Waals surface area contributed by atoms with Crippen LogP contribution in [0.3, 0.4) is 0 Å². The van der Waals surface area contributed by atoms with E-state index < -0.39 is 23.1 Å². The molecule has 0 aliphatic heterocycles. The second kappa shape index (κ2) is 4.00. The number of carboxylic acid groups (broad SMARTS) is 1. The van der Waals surface area contributed by atoms with E-state index in [4.69, 9.17) is 5.11 Å². The van der Waals surface area contributed by atoms with Crippen LogP contribution in [0.15, 0.2) is 12.1 Å². The van der Waals surface area contributed by atoms with Crippen molar-refractivity contribution in [3.63, 3.8) is 0 Å². The molecule has 5 heteroatoms. The molecule has 0 heterocycles. The molecule has 0 amide bonds. The van der Waals surface area contributed by atoms with Crippen LogP contribution in [0.1, 0.15) is 26.3 Å². The van der Waals surface area contributed by atoms with Crippen LogP contribution in [-0.2, 0) is 4.79 Å². The number of Topliss-reactive ketones (excluding diaryl/α,β-unsaturated/α-hetero) is 1. The molecule has 0 aromatic heterocycles. The lowest BCUT2D eigenvalue weighted by Crippen LogP contribution is -2.15. The molecule has 0 saturated carbocycles. The number of halogens is 1. The van der Waals surface area contributed by atoms with Gasteiger partial charge in [-0.15, -0.1) is 0 Å². The van der Waals surface area contributed by atoms with E-state index in [1.54, 1.807) is 0 Å². The Labute approximate surface area is 84.3 Å². The third-order valence-corrected chi connectivity index (χ3v) is 1.90. The minimum atomic E-state index is -1.72. The number of hydrogen-bond donors (Lipinski definition) is 1. The monoisotopic (exact) mass is 210 g/mol. The molecule has 1 aromatic rings. The first kappa shape index (κ1) is 11.0. The molecule has 0 spiro atoms. The highest BCUT2D eigenvalue weighted by Gasteiger charge is 2.19. The number of carbonyl (C=O) groups is 3. The van der Waals surface area contributed by atoms with Crippen molar-refractivity contribution in [1.29, 1.82) is 0 Å². The van der Waals surface area contributed by atoms with Crippen molar-refractivity contribution in [2.45, 2.75) is 6.92 Å². The Morgan fingerprint density at radius 1 is 1.40 bits per heavy atom. The lowest BCUT2D eigenvalue weighted by molar-refractivity contribution is -0.131. The molecule has 0 radical (unpaired) electrons. The van der Waals surface area contributed by atoms with Gasteiger partial charge in [-0.1, -0.05) is 0 Å². The third kappa shape index (κ3) is 2.07. The summed E-state index contributed by atoms with van der Waals surface area (Å²) in [7, 11) is 0. The largest absolute Gasteiger partial charge is 0.475 e. The fraction of sp³-hybridized carbons (Fsp3) is 0.100. The van der Waals surface area contributed by atoms with Crippen LogP contribution in [0.25, 0.3) is 0 Å². The van der Waals surface area contributed by atoms with Gasteiger partial charge in [0.05, 0.1) is 0 Å². The van der Waals surface area contributed by atoms with Crippen molar-refractivity contribution in [3.8, 4) is 0 Å². The smallest absolute Gasteiger partial charge is 0.377 e. The van der Waals surface area contributed by atoms with Gasteiger partial charge in [0.25, 0.3) is 5.78 Å². The number of carboxylic acids is 1. The molecule has 4 nitrogen and oxygen atoms in total. The second-order valence-electron chi connectivity index (χ2n) is 2.94. The van der Waals surface area contributed by atoms with Crippen LogP contribution in [-0.4, -0.2) is 23.1 Å². The van der Waals surface area contributed by atoms with Crippen LogP contribution in [0, 0.1) is 12.7 Å². The first-order chi connectivity index (χ1) is 6.97. The highest BCUT2D eigenvalue weighted by atomic mass is 19.1. The highest BCUT2D eigenvalue weighted by molar-refractivity contribution is 6.40. The van der Waals surface area contributed by atoms with Gasteiger partial charge < -0.3 is 5.11 Å². The van der Waals surface area contributed by atoms with Gasteiger partial charge in [0.15, 0.2) is 6.29 Å². The molecule has 78 valence electrons. The molecule has 0 unspecified atom stereocenters. The minimum absolute atomic E-state index is 0.124. The number of benzene rings is 1. The van der Waals surface area contributed by atoms with Crippen molar-refractivity contribution in [1.82, 2.24) is 0 Å². The average molecular weight is 210 g/mol. The summed E-state index contributed by atoms with van der Waals surface area (Å²) in [5, 5.41) is 8.43. The van der Waals surface area contributed by atoms with Crippen molar-refractivity contribution in [2.24, 2.45) is 0 Å². The summed E-state index contributed by atoms with van der Waals surface area (Å²) in [6.07, 6.45) is 0.322. The Kier molecular flexibility index (Phi) is 2.94. The van der Waals surface area contributed by atoms with Crippen LogP contribution in [0.5, 0.6) is 0 Å². The van der Waals surface area contributed by atoms with Gasteiger partial charge in [-0.3, -0.25) is 9.59 Å². The van der Waals surface area contributed by atoms with Crippen molar-refractivity contribution >= 4 is 18.0 Å². The van der Waals surface area contributed by atoms with E-state index in [9.17, 15) is 18.8 Å².